The van der Waals surface area contributed by atoms with Crippen molar-refractivity contribution in [2.24, 2.45) is 5.92 Å². The SMILES string of the molecule is N#Cc1cc(C#N)c(SCC(=O)NCC2CCCCC2)[nH+]c1N. The summed E-state index contributed by atoms with van der Waals surface area (Å²) in [5, 5.41) is 21.5. The number of thioether (sulfide) groups is 1. The van der Waals surface area contributed by atoms with E-state index in [0.717, 1.165) is 6.54 Å². The zero-order chi connectivity index (χ0) is 16.7. The number of hydrogen-bond donors (Lipinski definition) is 2. The minimum Gasteiger partial charge on any atom is -0.355 e. The number of nitrogens with two attached hydrogens (primary N) is 1. The van der Waals surface area contributed by atoms with Crippen molar-refractivity contribution in [1.29, 1.82) is 10.5 Å². The minimum absolute atomic E-state index is 0.0548. The van der Waals surface area contributed by atoms with Crippen molar-refractivity contribution in [3.8, 4) is 12.1 Å². The van der Waals surface area contributed by atoms with Gasteiger partial charge in [-0.25, -0.2) is 4.98 Å². The summed E-state index contributed by atoms with van der Waals surface area (Å²) in [6.45, 7) is 0.726. The molecule has 0 radical (unpaired) electrons. The first-order valence-electron chi connectivity index (χ1n) is 7.69. The Balaban J connectivity index is 1.87. The van der Waals surface area contributed by atoms with Crippen molar-refractivity contribution >= 4 is 23.5 Å². The molecule has 120 valence electrons. The van der Waals surface area contributed by atoms with E-state index in [1.807, 2.05) is 12.1 Å². The summed E-state index contributed by atoms with van der Waals surface area (Å²) >= 11 is 1.22. The molecule has 0 aliphatic heterocycles. The molecule has 2 rings (SSSR count). The molecule has 1 heterocycles. The summed E-state index contributed by atoms with van der Waals surface area (Å²) in [5.74, 6) is 0.949. The van der Waals surface area contributed by atoms with Gasteiger partial charge in [0.05, 0.1) is 5.75 Å². The largest absolute Gasteiger partial charge is 0.355 e. The van der Waals surface area contributed by atoms with Gasteiger partial charge in [-0.05, 0) is 24.8 Å². The molecular formula is C16H20N5OS+. The molecule has 7 heteroatoms. The molecule has 23 heavy (non-hydrogen) atoms. The highest BCUT2D eigenvalue weighted by molar-refractivity contribution is 7.99. The number of carbonyl (C=O) groups excluding carboxylic acids is 1. The molecule has 0 atom stereocenters. The Morgan fingerprint density at radius 3 is 2.65 bits per heavy atom. The number of hydrogen-bond acceptors (Lipinski definition) is 5. The van der Waals surface area contributed by atoms with Gasteiger partial charge in [-0.3, -0.25) is 10.5 Å². The number of nitrogen functional groups attached to an aromatic ring is 1. The van der Waals surface area contributed by atoms with Crippen molar-refractivity contribution in [2.75, 3.05) is 18.0 Å². The normalized spacial score (nSPS) is 14.7. The fourth-order valence-electron chi connectivity index (χ4n) is 2.67. The fourth-order valence-corrected chi connectivity index (χ4v) is 3.49. The van der Waals surface area contributed by atoms with Crippen LogP contribution in [-0.2, 0) is 4.79 Å². The molecule has 1 aliphatic rings. The molecular weight excluding hydrogens is 310 g/mol. The second-order valence-electron chi connectivity index (χ2n) is 5.66. The fraction of sp³-hybridized carbons (Fsp3) is 0.500. The zero-order valence-electron chi connectivity index (χ0n) is 12.9. The molecule has 1 aromatic rings. The van der Waals surface area contributed by atoms with Crippen LogP contribution >= 0.6 is 11.8 Å². The number of nitriles is 2. The molecule has 1 aromatic heterocycles. The molecule has 4 N–H and O–H groups in total. The summed E-state index contributed by atoms with van der Waals surface area (Å²) in [6, 6.07) is 5.38. The standard InChI is InChI=1S/C16H19N5OS/c17-7-12-6-13(8-18)16(21-15(12)19)23-10-14(22)20-9-11-4-2-1-3-5-11/h6,11H,1-5,9-10H2,(H2,19,21)(H,20,22)/p+1. The van der Waals surface area contributed by atoms with Crippen LogP contribution in [0.3, 0.4) is 0 Å². The smallest absolute Gasteiger partial charge is 0.289 e. The van der Waals surface area contributed by atoms with Crippen LogP contribution in [0.4, 0.5) is 5.82 Å². The minimum atomic E-state index is -0.0548. The predicted octanol–water partition coefficient (Wildman–Crippen LogP) is 1.61. The molecule has 1 amide bonds. The van der Waals surface area contributed by atoms with Gasteiger partial charge in [0.2, 0.25) is 5.91 Å². The second-order valence-corrected chi connectivity index (χ2v) is 6.65. The number of amides is 1. The summed E-state index contributed by atoms with van der Waals surface area (Å²) < 4.78 is 0. The van der Waals surface area contributed by atoms with Gasteiger partial charge in [0.25, 0.3) is 5.82 Å². The lowest BCUT2D eigenvalue weighted by Gasteiger charge is -2.21. The van der Waals surface area contributed by atoms with Crippen molar-refractivity contribution < 1.29 is 9.78 Å². The molecule has 1 fully saturated rings. The average Bonchev–Trinajstić information content (AvgIpc) is 2.59. The third-order valence-corrected chi connectivity index (χ3v) is 4.99. The van der Waals surface area contributed by atoms with Gasteiger partial charge in [0.15, 0.2) is 5.03 Å². The topological polar surface area (TPSA) is 117 Å². The van der Waals surface area contributed by atoms with E-state index in [1.165, 1.54) is 49.9 Å². The van der Waals surface area contributed by atoms with Gasteiger partial charge < -0.3 is 5.32 Å². The van der Waals surface area contributed by atoms with Crippen molar-refractivity contribution in [3.63, 3.8) is 0 Å². The van der Waals surface area contributed by atoms with E-state index in [0.29, 0.717) is 16.5 Å². The van der Waals surface area contributed by atoms with Crippen LogP contribution in [0.1, 0.15) is 43.2 Å². The molecule has 1 saturated carbocycles. The average molecular weight is 330 g/mol. The number of nitrogens with zero attached hydrogens (tertiary/aromatic N) is 2. The first-order chi connectivity index (χ1) is 11.1. The Kier molecular flexibility index (Phi) is 6.25. The molecule has 1 aliphatic carbocycles. The maximum Gasteiger partial charge on any atom is 0.289 e. The van der Waals surface area contributed by atoms with Gasteiger partial charge in [0, 0.05) is 6.54 Å². The van der Waals surface area contributed by atoms with Crippen LogP contribution in [0, 0.1) is 28.6 Å². The Morgan fingerprint density at radius 1 is 1.30 bits per heavy atom. The maximum atomic E-state index is 12.0. The van der Waals surface area contributed by atoms with E-state index in [1.54, 1.807) is 0 Å². The lowest BCUT2D eigenvalue weighted by Crippen LogP contribution is -2.31. The van der Waals surface area contributed by atoms with E-state index in [-0.39, 0.29) is 23.0 Å². The number of rotatable bonds is 5. The number of aromatic amines is 1. The number of carbonyl (C=O) groups is 1. The Morgan fingerprint density at radius 2 is 2.00 bits per heavy atom. The highest BCUT2D eigenvalue weighted by Gasteiger charge is 2.17. The van der Waals surface area contributed by atoms with E-state index >= 15 is 0 Å². The summed E-state index contributed by atoms with van der Waals surface area (Å²) in [7, 11) is 0. The Labute approximate surface area is 140 Å². The predicted molar refractivity (Wildman–Crippen MR) is 87.1 cm³/mol. The van der Waals surface area contributed by atoms with Crippen LogP contribution in [0.5, 0.6) is 0 Å². The van der Waals surface area contributed by atoms with Crippen LogP contribution < -0.4 is 16.0 Å². The molecule has 0 unspecified atom stereocenters. The van der Waals surface area contributed by atoms with Gasteiger partial charge in [-0.15, -0.1) is 0 Å². The van der Waals surface area contributed by atoms with Crippen molar-refractivity contribution in [1.82, 2.24) is 5.32 Å². The van der Waals surface area contributed by atoms with Gasteiger partial charge >= 0.3 is 0 Å². The summed E-state index contributed by atoms with van der Waals surface area (Å²) in [5.41, 5.74) is 6.27. The summed E-state index contributed by atoms with van der Waals surface area (Å²) in [6.07, 6.45) is 6.17. The molecule has 0 bridgehead atoms. The number of H-pyrrole nitrogens is 1. The number of nitrogens with one attached hydrogen (secondary N) is 2. The van der Waals surface area contributed by atoms with E-state index in [4.69, 9.17) is 16.3 Å². The van der Waals surface area contributed by atoms with Gasteiger partial charge in [-0.2, -0.15) is 10.5 Å². The number of anilines is 1. The van der Waals surface area contributed by atoms with E-state index in [2.05, 4.69) is 10.3 Å². The van der Waals surface area contributed by atoms with Crippen LogP contribution in [0.15, 0.2) is 11.1 Å². The van der Waals surface area contributed by atoms with Crippen LogP contribution in [-0.4, -0.2) is 18.2 Å². The lowest BCUT2D eigenvalue weighted by atomic mass is 9.89. The first-order valence-corrected chi connectivity index (χ1v) is 8.68. The zero-order valence-corrected chi connectivity index (χ0v) is 13.7. The van der Waals surface area contributed by atoms with Crippen LogP contribution in [0.25, 0.3) is 0 Å². The maximum absolute atomic E-state index is 12.0. The van der Waals surface area contributed by atoms with Gasteiger partial charge in [0.1, 0.15) is 23.3 Å². The monoisotopic (exact) mass is 330 g/mol. The van der Waals surface area contributed by atoms with Crippen molar-refractivity contribution in [3.05, 3.63) is 17.2 Å². The second kappa shape index (κ2) is 8.40. The Hall–Kier alpha value is -2.25. The van der Waals surface area contributed by atoms with Gasteiger partial charge in [-0.1, -0.05) is 31.0 Å². The Bertz CT molecular complexity index is 656. The third kappa shape index (κ3) is 4.87. The van der Waals surface area contributed by atoms with E-state index in [9.17, 15) is 4.79 Å². The number of pyridine rings is 1. The summed E-state index contributed by atoms with van der Waals surface area (Å²) in [4.78, 5) is 14.8. The molecule has 0 spiro atoms. The third-order valence-electron chi connectivity index (χ3n) is 3.97. The highest BCUT2D eigenvalue weighted by Crippen LogP contribution is 2.23. The molecule has 0 aromatic carbocycles. The lowest BCUT2D eigenvalue weighted by molar-refractivity contribution is -0.410. The quantitative estimate of drug-likeness (QED) is 0.795. The van der Waals surface area contributed by atoms with Crippen LogP contribution in [0.2, 0.25) is 0 Å². The highest BCUT2D eigenvalue weighted by atomic mass is 32.2. The first kappa shape index (κ1) is 17.1. The van der Waals surface area contributed by atoms with Crippen molar-refractivity contribution in [2.45, 2.75) is 37.1 Å². The molecule has 6 nitrogen and oxygen atoms in total. The number of aromatic nitrogens is 1. The van der Waals surface area contributed by atoms with E-state index < -0.39 is 0 Å². The molecule has 0 saturated heterocycles.